The summed E-state index contributed by atoms with van der Waals surface area (Å²) >= 11 is -1.72. The third-order valence-corrected chi connectivity index (χ3v) is 11.0. The molecule has 1 atom stereocenters. The van der Waals surface area contributed by atoms with Crippen LogP contribution in [-0.2, 0) is 38.7 Å². The van der Waals surface area contributed by atoms with Gasteiger partial charge in [-0.15, -0.1) is 0 Å². The average molecular weight is 579 g/mol. The van der Waals surface area contributed by atoms with Gasteiger partial charge < -0.3 is 14.8 Å². The predicted octanol–water partition coefficient (Wildman–Crippen LogP) is 5.34. The molecular weight excluding hydrogens is 552 g/mol. The van der Waals surface area contributed by atoms with Crippen molar-refractivity contribution >= 4 is 32.9 Å². The topological polar surface area (TPSA) is 111 Å². The second kappa shape index (κ2) is 10.9. The molecule has 1 unspecified atom stereocenters. The molecule has 0 fully saturated rings. The van der Waals surface area contributed by atoms with Crippen molar-refractivity contribution in [1.29, 1.82) is 0 Å². The molecule has 3 aromatic carbocycles. The molecule has 0 radical (unpaired) electrons. The van der Waals surface area contributed by atoms with Gasteiger partial charge in [0.1, 0.15) is 6.61 Å². The smallest absolute Gasteiger partial charge is 0.407 e. The summed E-state index contributed by atoms with van der Waals surface area (Å²) in [7, 11) is -6.54. The van der Waals surface area contributed by atoms with Crippen LogP contribution in [0.1, 0.15) is 6.92 Å². The van der Waals surface area contributed by atoms with Crippen LogP contribution in [-0.4, -0.2) is 45.8 Å². The number of hydrogen-bond donors (Lipinski definition) is 2. The number of carbonyl (C=O) groups is 2. The van der Waals surface area contributed by atoms with Gasteiger partial charge in [-0.05, 0) is 37.3 Å². The van der Waals surface area contributed by atoms with E-state index in [1.807, 2.05) is 0 Å². The van der Waals surface area contributed by atoms with Crippen molar-refractivity contribution in [2.24, 2.45) is 0 Å². The monoisotopic (exact) mass is 578 g/mol. The number of rotatable bonds is 8. The Morgan fingerprint density at radius 2 is 1.62 bits per heavy atom. The van der Waals surface area contributed by atoms with Gasteiger partial charge in [-0.1, -0.05) is 58.7 Å². The van der Waals surface area contributed by atoms with Crippen LogP contribution < -0.4 is 5.32 Å². The fourth-order valence-electron chi connectivity index (χ4n) is 3.70. The van der Waals surface area contributed by atoms with Crippen molar-refractivity contribution < 1.29 is 40.2 Å². The SMILES string of the molecule is C=C(C)C(=O)OCCNC(=O)OCC(F)(F)S1(=O)(O)O[S+](c2ccccc2)c2ccccc2-c2ccccc21. The lowest BCUT2D eigenvalue weighted by Crippen LogP contribution is -2.55. The minimum atomic E-state index is -6.54. The largest absolute Gasteiger partial charge is 0.460 e. The Morgan fingerprint density at radius 3 is 2.31 bits per heavy atom. The van der Waals surface area contributed by atoms with Gasteiger partial charge in [-0.25, -0.2) is 13.8 Å². The summed E-state index contributed by atoms with van der Waals surface area (Å²) in [4.78, 5) is 23.7. The normalized spacial score (nSPS) is 18.2. The van der Waals surface area contributed by atoms with E-state index in [1.165, 1.54) is 19.1 Å². The standard InChI is InChI=1S/C27H25F2NO7S2/c1-19(2)25(31)35-17-16-30-26(32)36-18-27(28,29)39(33,34)24-15-9-7-13-22(24)21-12-6-8-14-23(21)38(37-39)20-10-4-3-5-11-20/h3-15H,1,16-18H2,2H3,(H-,30,32,33,34)/p+1. The van der Waals surface area contributed by atoms with Crippen LogP contribution in [0.2, 0.25) is 0 Å². The quantitative estimate of drug-likeness (QED) is 0.161. The molecule has 0 saturated heterocycles. The highest BCUT2D eigenvalue weighted by atomic mass is 32.4. The lowest BCUT2D eigenvalue weighted by atomic mass is 10.1. The molecule has 0 aliphatic carbocycles. The number of benzene rings is 3. The van der Waals surface area contributed by atoms with E-state index in [1.54, 1.807) is 60.7 Å². The third kappa shape index (κ3) is 5.46. The fraction of sp³-hybridized carbons (Fsp3) is 0.185. The molecule has 0 bridgehead atoms. The van der Waals surface area contributed by atoms with Crippen LogP contribution in [0, 0.1) is 0 Å². The van der Waals surface area contributed by atoms with E-state index in [9.17, 15) is 18.4 Å². The maximum atomic E-state index is 16.0. The molecule has 3 aromatic rings. The first kappa shape index (κ1) is 28.4. The summed E-state index contributed by atoms with van der Waals surface area (Å²) in [6.45, 7) is 2.59. The van der Waals surface area contributed by atoms with Gasteiger partial charge in [0.15, 0.2) is 11.5 Å². The number of ether oxygens (including phenoxy) is 2. The van der Waals surface area contributed by atoms with Gasteiger partial charge >= 0.3 is 17.3 Å². The fourth-order valence-corrected chi connectivity index (χ4v) is 8.72. The van der Waals surface area contributed by atoms with Gasteiger partial charge in [-0.2, -0.15) is 8.78 Å². The van der Waals surface area contributed by atoms with Crippen LogP contribution in [0.3, 0.4) is 0 Å². The van der Waals surface area contributed by atoms with Gasteiger partial charge in [0.05, 0.1) is 11.4 Å². The van der Waals surface area contributed by atoms with Crippen LogP contribution in [0.15, 0.2) is 106 Å². The zero-order valence-corrected chi connectivity index (χ0v) is 22.4. The van der Waals surface area contributed by atoms with E-state index in [0.717, 1.165) is 6.07 Å². The minimum absolute atomic E-state index is 0.0991. The molecule has 39 heavy (non-hydrogen) atoms. The highest BCUT2D eigenvalue weighted by molar-refractivity contribution is 8.18. The average Bonchev–Trinajstić information content (AvgIpc) is 3.02. The molecule has 1 amide bonds. The van der Waals surface area contributed by atoms with Crippen molar-refractivity contribution in [2.75, 3.05) is 19.8 Å². The number of esters is 1. The first-order valence-electron chi connectivity index (χ1n) is 11.6. The molecule has 1 aliphatic rings. The van der Waals surface area contributed by atoms with Gasteiger partial charge in [-0.3, -0.25) is 4.55 Å². The van der Waals surface area contributed by atoms with Crippen LogP contribution in [0.4, 0.5) is 13.6 Å². The number of halogens is 2. The Balaban J connectivity index is 1.66. The van der Waals surface area contributed by atoms with E-state index in [2.05, 4.69) is 16.6 Å². The van der Waals surface area contributed by atoms with E-state index in [0.29, 0.717) is 15.4 Å². The number of fused-ring (bicyclic) bond motifs is 3. The number of alkyl carbamates (subject to hydrolysis) is 1. The van der Waals surface area contributed by atoms with Crippen molar-refractivity contribution in [1.82, 2.24) is 5.32 Å². The van der Waals surface area contributed by atoms with Crippen molar-refractivity contribution in [3.63, 3.8) is 0 Å². The Labute approximate surface area is 227 Å². The molecule has 2 N–H and O–H groups in total. The van der Waals surface area contributed by atoms with Crippen LogP contribution in [0.25, 0.3) is 11.1 Å². The van der Waals surface area contributed by atoms with Crippen molar-refractivity contribution in [2.45, 2.75) is 26.9 Å². The molecule has 0 saturated carbocycles. The van der Waals surface area contributed by atoms with Crippen molar-refractivity contribution in [3.8, 4) is 11.1 Å². The van der Waals surface area contributed by atoms with Gasteiger partial charge in [0, 0.05) is 16.7 Å². The number of hydrogen-bond acceptors (Lipinski definition) is 6. The Bertz CT molecular complexity index is 1480. The Kier molecular flexibility index (Phi) is 7.94. The summed E-state index contributed by atoms with van der Waals surface area (Å²) in [6, 6.07) is 20.5. The highest BCUT2D eigenvalue weighted by Gasteiger charge is 2.69. The van der Waals surface area contributed by atoms with E-state index < -0.39 is 49.6 Å². The van der Waals surface area contributed by atoms with Crippen molar-refractivity contribution in [3.05, 3.63) is 91.0 Å². The summed E-state index contributed by atoms with van der Waals surface area (Å²) in [6.07, 6.45) is -1.30. The summed E-state index contributed by atoms with van der Waals surface area (Å²) in [5.74, 6) is -0.684. The lowest BCUT2D eigenvalue weighted by Gasteiger charge is -2.38. The second-order valence-corrected chi connectivity index (χ2v) is 13.2. The predicted molar refractivity (Wildman–Crippen MR) is 142 cm³/mol. The summed E-state index contributed by atoms with van der Waals surface area (Å²) < 4.78 is 73.2. The molecule has 0 spiro atoms. The van der Waals surface area contributed by atoms with E-state index in [4.69, 9.17) is 8.37 Å². The maximum absolute atomic E-state index is 16.0. The number of amides is 1. The molecule has 0 aromatic heterocycles. The van der Waals surface area contributed by atoms with E-state index in [-0.39, 0.29) is 24.3 Å². The zero-order valence-electron chi connectivity index (χ0n) is 20.8. The second-order valence-electron chi connectivity index (χ2n) is 8.53. The minimum Gasteiger partial charge on any atom is -0.460 e. The number of alkyl halides is 2. The Morgan fingerprint density at radius 1 is 1.00 bits per heavy atom. The number of nitrogens with one attached hydrogen (secondary N) is 1. The van der Waals surface area contributed by atoms with Gasteiger partial charge in [0.2, 0.25) is 25.7 Å². The highest BCUT2D eigenvalue weighted by Crippen LogP contribution is 2.56. The summed E-state index contributed by atoms with van der Waals surface area (Å²) in [5, 5.41) is -2.42. The van der Waals surface area contributed by atoms with Crippen LogP contribution >= 0.6 is 0 Å². The molecule has 1 heterocycles. The maximum Gasteiger partial charge on any atom is 0.407 e. The molecule has 12 heteroatoms. The molecule has 1 aliphatic heterocycles. The van der Waals surface area contributed by atoms with Crippen LogP contribution in [0.5, 0.6) is 0 Å². The van der Waals surface area contributed by atoms with Gasteiger partial charge in [0.25, 0.3) is 0 Å². The molecular formula is C27H26F2NO7S2+. The first-order chi connectivity index (χ1) is 18.4. The zero-order chi connectivity index (χ0) is 28.3. The first-order valence-corrected chi connectivity index (χ1v) is 14.6. The Hall–Kier alpha value is -3.58. The lowest BCUT2D eigenvalue weighted by molar-refractivity contribution is -0.138. The summed E-state index contributed by atoms with van der Waals surface area (Å²) in [5.41, 5.74) is 0.710. The third-order valence-electron chi connectivity index (χ3n) is 5.65. The number of carbonyl (C=O) groups excluding carboxylic acids is 2. The van der Waals surface area contributed by atoms with E-state index >= 15 is 8.78 Å². The molecule has 4 rings (SSSR count). The molecule has 206 valence electrons. The molecule has 8 nitrogen and oxygen atoms in total.